The van der Waals surface area contributed by atoms with Gasteiger partial charge in [-0.2, -0.15) is 0 Å². The fraction of sp³-hybridized carbons (Fsp3) is 0.697. The molecule has 1 aromatic heterocycles. The van der Waals surface area contributed by atoms with Gasteiger partial charge in [-0.05, 0) is 64.5 Å². The molecule has 45 heavy (non-hydrogen) atoms. The van der Waals surface area contributed by atoms with E-state index in [-0.39, 0.29) is 47.5 Å². The summed E-state index contributed by atoms with van der Waals surface area (Å²) in [6.45, 7) is 17.9. The minimum atomic E-state index is -0.821. The summed E-state index contributed by atoms with van der Waals surface area (Å²) in [4.78, 5) is 71.8. The highest BCUT2D eigenvalue weighted by Gasteiger charge is 2.38. The van der Waals surface area contributed by atoms with Gasteiger partial charge in [0.2, 0.25) is 23.6 Å². The lowest BCUT2D eigenvalue weighted by Crippen LogP contribution is -2.57. The van der Waals surface area contributed by atoms with Gasteiger partial charge in [0.05, 0.1) is 6.04 Å². The summed E-state index contributed by atoms with van der Waals surface area (Å²) in [6.07, 6.45) is 3.94. The van der Waals surface area contributed by atoms with Crippen LogP contribution in [-0.2, 0) is 19.2 Å². The standard InChI is InChI=1S/C33H55N7O5/c1-10-13-26(37-33(45)28(20(6)11-2)39-30(42)24-14-15-35-21(7)16-24)31(43)36-25-17-22(8)40(18-25)23(9)29(41)38-27(19(4)5)32(44)34-12-3/h14-16,19-20,22-23,25-28H,10-13,17-18H2,1-9H3,(H,34,44)(H,36,43)(H,37,45)(H,38,41)(H,39,42)/t20-,22?,23-,25-,26-,27-,28-/m0/s1. The molecule has 1 aromatic rings. The van der Waals surface area contributed by atoms with Crippen molar-refractivity contribution in [2.24, 2.45) is 11.8 Å². The van der Waals surface area contributed by atoms with E-state index in [9.17, 15) is 24.0 Å². The smallest absolute Gasteiger partial charge is 0.252 e. The van der Waals surface area contributed by atoms with Crippen LogP contribution >= 0.6 is 0 Å². The van der Waals surface area contributed by atoms with E-state index in [4.69, 9.17) is 0 Å². The van der Waals surface area contributed by atoms with E-state index in [1.54, 1.807) is 25.3 Å². The monoisotopic (exact) mass is 629 g/mol. The van der Waals surface area contributed by atoms with Crippen LogP contribution in [-0.4, -0.2) is 88.8 Å². The van der Waals surface area contributed by atoms with E-state index >= 15 is 0 Å². The van der Waals surface area contributed by atoms with E-state index in [0.717, 1.165) is 0 Å². The molecule has 0 spiro atoms. The molecule has 2 rings (SSSR count). The molecule has 7 atom stereocenters. The Hall–Kier alpha value is -3.54. The van der Waals surface area contributed by atoms with Crippen LogP contribution in [0.25, 0.3) is 0 Å². The Morgan fingerprint density at radius 3 is 2.20 bits per heavy atom. The fourth-order valence-electron chi connectivity index (χ4n) is 5.68. The molecular formula is C33H55N7O5. The first kappa shape index (κ1) is 37.6. The number of pyridine rings is 1. The quantitative estimate of drug-likeness (QED) is 0.187. The number of likely N-dealkylation sites (N-methyl/N-ethyl adjacent to an activating group) is 1. The molecule has 1 fully saturated rings. The largest absolute Gasteiger partial charge is 0.355 e. The molecule has 0 bridgehead atoms. The maximum absolute atomic E-state index is 13.5. The summed E-state index contributed by atoms with van der Waals surface area (Å²) >= 11 is 0. The van der Waals surface area contributed by atoms with E-state index < -0.39 is 30.1 Å². The molecule has 252 valence electrons. The third-order valence-electron chi connectivity index (χ3n) is 8.60. The van der Waals surface area contributed by atoms with Gasteiger partial charge in [-0.15, -0.1) is 0 Å². The zero-order valence-corrected chi connectivity index (χ0v) is 28.5. The number of nitrogens with one attached hydrogen (secondary N) is 5. The highest BCUT2D eigenvalue weighted by atomic mass is 16.2. The van der Waals surface area contributed by atoms with Crippen LogP contribution in [0.1, 0.15) is 97.1 Å². The second-order valence-electron chi connectivity index (χ2n) is 12.7. The third-order valence-corrected chi connectivity index (χ3v) is 8.60. The van der Waals surface area contributed by atoms with Gasteiger partial charge in [-0.3, -0.25) is 33.9 Å². The number of hydrogen-bond donors (Lipinski definition) is 5. The molecule has 1 unspecified atom stereocenters. The highest BCUT2D eigenvalue weighted by Crippen LogP contribution is 2.21. The van der Waals surface area contributed by atoms with Crippen LogP contribution in [0, 0.1) is 18.8 Å². The summed E-state index contributed by atoms with van der Waals surface area (Å²) in [6, 6.07) is 0.321. The van der Waals surface area contributed by atoms with Crippen molar-refractivity contribution in [3.05, 3.63) is 29.6 Å². The SMILES string of the molecule is CCC[C@H](NC(=O)[C@@H](NC(=O)c1ccnc(C)c1)[C@@H](C)CC)C(=O)N[C@H]1CC(C)N([C@@H](C)C(=O)N[C@H](C(=O)NCC)C(C)C)C1. The molecule has 5 amide bonds. The lowest BCUT2D eigenvalue weighted by Gasteiger charge is -2.30. The predicted octanol–water partition coefficient (Wildman–Crippen LogP) is 2.06. The molecule has 12 heteroatoms. The van der Waals surface area contributed by atoms with Crippen molar-refractivity contribution in [2.75, 3.05) is 13.1 Å². The average molecular weight is 630 g/mol. The second-order valence-corrected chi connectivity index (χ2v) is 12.7. The van der Waals surface area contributed by atoms with Crippen molar-refractivity contribution in [3.8, 4) is 0 Å². The zero-order valence-electron chi connectivity index (χ0n) is 28.5. The normalized spacial score (nSPS) is 20.0. The Bertz CT molecular complexity index is 1180. The van der Waals surface area contributed by atoms with E-state index in [1.165, 1.54) is 0 Å². The number of aryl methyl sites for hydroxylation is 1. The molecule has 2 heterocycles. The Labute approximate surface area is 268 Å². The number of amides is 5. The summed E-state index contributed by atoms with van der Waals surface area (Å²) < 4.78 is 0. The topological polar surface area (TPSA) is 162 Å². The van der Waals surface area contributed by atoms with Gasteiger partial charge in [0, 0.05) is 42.6 Å². The maximum Gasteiger partial charge on any atom is 0.252 e. The molecule has 0 aromatic carbocycles. The molecule has 1 saturated heterocycles. The fourth-order valence-corrected chi connectivity index (χ4v) is 5.68. The Morgan fingerprint density at radius 1 is 0.933 bits per heavy atom. The Balaban J connectivity index is 2.07. The van der Waals surface area contributed by atoms with Crippen LogP contribution in [0.3, 0.4) is 0 Å². The summed E-state index contributed by atoms with van der Waals surface area (Å²) in [5.74, 6) is -1.76. The first-order valence-corrected chi connectivity index (χ1v) is 16.4. The molecule has 5 N–H and O–H groups in total. The van der Waals surface area contributed by atoms with Gasteiger partial charge < -0.3 is 26.6 Å². The van der Waals surface area contributed by atoms with Gasteiger partial charge in [-0.25, -0.2) is 0 Å². The van der Waals surface area contributed by atoms with Crippen molar-refractivity contribution in [1.82, 2.24) is 36.5 Å². The molecule has 12 nitrogen and oxygen atoms in total. The first-order chi connectivity index (χ1) is 21.2. The number of aromatic nitrogens is 1. The van der Waals surface area contributed by atoms with E-state index in [0.29, 0.717) is 50.0 Å². The average Bonchev–Trinajstić information content (AvgIpc) is 3.36. The van der Waals surface area contributed by atoms with Crippen molar-refractivity contribution < 1.29 is 24.0 Å². The third kappa shape index (κ3) is 10.8. The maximum atomic E-state index is 13.5. The van der Waals surface area contributed by atoms with Crippen molar-refractivity contribution in [2.45, 2.75) is 124 Å². The summed E-state index contributed by atoms with van der Waals surface area (Å²) in [5, 5.41) is 14.5. The van der Waals surface area contributed by atoms with Crippen LogP contribution in [0.15, 0.2) is 18.3 Å². The van der Waals surface area contributed by atoms with Gasteiger partial charge in [0.15, 0.2) is 0 Å². The minimum Gasteiger partial charge on any atom is -0.355 e. The van der Waals surface area contributed by atoms with Gasteiger partial charge in [0.1, 0.15) is 18.1 Å². The lowest BCUT2D eigenvalue weighted by molar-refractivity contribution is -0.132. The van der Waals surface area contributed by atoms with Crippen molar-refractivity contribution >= 4 is 29.5 Å². The van der Waals surface area contributed by atoms with Crippen LogP contribution < -0.4 is 26.6 Å². The molecule has 0 radical (unpaired) electrons. The summed E-state index contributed by atoms with van der Waals surface area (Å²) in [7, 11) is 0. The number of carbonyl (C=O) groups is 5. The minimum absolute atomic E-state index is 0.0130. The molecule has 0 saturated carbocycles. The van der Waals surface area contributed by atoms with Gasteiger partial charge >= 0.3 is 0 Å². The van der Waals surface area contributed by atoms with Crippen LogP contribution in [0.2, 0.25) is 0 Å². The zero-order chi connectivity index (χ0) is 33.8. The van der Waals surface area contributed by atoms with Gasteiger partial charge in [0.25, 0.3) is 5.91 Å². The van der Waals surface area contributed by atoms with E-state index in [2.05, 4.69) is 31.6 Å². The lowest BCUT2D eigenvalue weighted by atomic mass is 9.97. The van der Waals surface area contributed by atoms with Crippen molar-refractivity contribution in [3.63, 3.8) is 0 Å². The number of carbonyl (C=O) groups excluding carboxylic acids is 5. The number of hydrogen-bond acceptors (Lipinski definition) is 7. The Morgan fingerprint density at radius 2 is 1.62 bits per heavy atom. The molecule has 1 aliphatic heterocycles. The highest BCUT2D eigenvalue weighted by molar-refractivity contribution is 5.98. The van der Waals surface area contributed by atoms with Crippen LogP contribution in [0.5, 0.6) is 0 Å². The molecule has 0 aliphatic carbocycles. The summed E-state index contributed by atoms with van der Waals surface area (Å²) in [5.41, 5.74) is 1.11. The number of likely N-dealkylation sites (tertiary alicyclic amines) is 1. The molecule has 1 aliphatic rings. The first-order valence-electron chi connectivity index (χ1n) is 16.4. The number of nitrogens with zero attached hydrogens (tertiary/aromatic N) is 2. The molecular weight excluding hydrogens is 574 g/mol. The Kier molecular flexibility index (Phi) is 14.9. The van der Waals surface area contributed by atoms with Crippen molar-refractivity contribution in [1.29, 1.82) is 0 Å². The number of rotatable bonds is 16. The van der Waals surface area contributed by atoms with Crippen LogP contribution in [0.4, 0.5) is 0 Å². The second kappa shape index (κ2) is 17.8. The van der Waals surface area contributed by atoms with Gasteiger partial charge in [-0.1, -0.05) is 47.5 Å². The van der Waals surface area contributed by atoms with E-state index in [1.807, 2.05) is 60.3 Å². The predicted molar refractivity (Wildman–Crippen MR) is 174 cm³/mol.